The van der Waals surface area contributed by atoms with Crippen molar-refractivity contribution in [2.45, 2.75) is 12.8 Å². The van der Waals surface area contributed by atoms with Crippen LogP contribution in [0.25, 0.3) is 0 Å². The number of aryl methyl sites for hydroxylation is 1. The first-order chi connectivity index (χ1) is 18.6. The number of para-hydroxylation sites is 1. The van der Waals surface area contributed by atoms with Crippen molar-refractivity contribution in [1.29, 1.82) is 0 Å². The molecular formula is C31H31N3O4. The Hall–Kier alpha value is -4.78. The lowest BCUT2D eigenvalue weighted by Gasteiger charge is -2.11. The fourth-order valence-corrected chi connectivity index (χ4v) is 3.66. The van der Waals surface area contributed by atoms with Gasteiger partial charge in [0.25, 0.3) is 0 Å². The van der Waals surface area contributed by atoms with Crippen LogP contribution in [0.4, 0.5) is 17.1 Å². The summed E-state index contributed by atoms with van der Waals surface area (Å²) in [5.41, 5.74) is 3.31. The summed E-state index contributed by atoms with van der Waals surface area (Å²) < 4.78 is 11.3. The second-order valence-corrected chi connectivity index (χ2v) is 8.55. The lowest BCUT2D eigenvalue weighted by Crippen LogP contribution is -2.21. The van der Waals surface area contributed by atoms with Crippen molar-refractivity contribution in [3.8, 4) is 11.5 Å². The Morgan fingerprint density at radius 3 is 1.68 bits per heavy atom. The molecule has 0 aliphatic carbocycles. The summed E-state index contributed by atoms with van der Waals surface area (Å²) in [6.07, 6.45) is 1.11. The van der Waals surface area contributed by atoms with Gasteiger partial charge >= 0.3 is 0 Å². The molecule has 4 aromatic rings. The summed E-state index contributed by atoms with van der Waals surface area (Å²) in [6.45, 7) is 0.967. The van der Waals surface area contributed by atoms with E-state index in [1.807, 2.05) is 84.9 Å². The zero-order valence-electron chi connectivity index (χ0n) is 21.1. The number of carbonyl (C=O) groups is 2. The average Bonchev–Trinajstić information content (AvgIpc) is 2.96. The molecule has 0 saturated heterocycles. The predicted octanol–water partition coefficient (Wildman–Crippen LogP) is 5.77. The summed E-state index contributed by atoms with van der Waals surface area (Å²) in [4.78, 5) is 24.5. The highest BCUT2D eigenvalue weighted by Gasteiger charge is 2.06. The standard InChI is InChI=1S/C31H31N3O4/c35-30(20-11-24-7-3-1-4-8-24)33-26-14-12-25(13-15-26)32-23-31(36)34-27-16-18-29(19-17-27)38-22-21-37-28-9-5-2-6-10-28/h1-10,12-19,32H,11,20-23H2,(H,33,35)(H,34,36). The van der Waals surface area contributed by atoms with Crippen molar-refractivity contribution in [1.82, 2.24) is 0 Å². The molecule has 7 nitrogen and oxygen atoms in total. The second kappa shape index (κ2) is 14.1. The summed E-state index contributed by atoms with van der Waals surface area (Å²) in [5, 5.41) is 8.84. The van der Waals surface area contributed by atoms with Gasteiger partial charge in [-0.25, -0.2) is 0 Å². The SMILES string of the molecule is O=C(CCc1ccccc1)Nc1ccc(NCC(=O)Nc2ccc(OCCOc3ccccc3)cc2)cc1. The molecule has 0 aliphatic heterocycles. The van der Waals surface area contributed by atoms with Gasteiger partial charge in [-0.2, -0.15) is 0 Å². The van der Waals surface area contributed by atoms with Gasteiger partial charge in [-0.05, 0) is 72.6 Å². The van der Waals surface area contributed by atoms with Crippen LogP contribution >= 0.6 is 0 Å². The van der Waals surface area contributed by atoms with E-state index in [-0.39, 0.29) is 18.4 Å². The van der Waals surface area contributed by atoms with E-state index in [9.17, 15) is 9.59 Å². The third kappa shape index (κ3) is 9.02. The number of benzene rings is 4. The fourth-order valence-electron chi connectivity index (χ4n) is 3.66. The van der Waals surface area contributed by atoms with Crippen LogP contribution in [0.1, 0.15) is 12.0 Å². The lowest BCUT2D eigenvalue weighted by atomic mass is 10.1. The van der Waals surface area contributed by atoms with Gasteiger partial charge in [-0.3, -0.25) is 9.59 Å². The van der Waals surface area contributed by atoms with Crippen LogP contribution in [0, 0.1) is 0 Å². The molecule has 0 bridgehead atoms. The van der Waals surface area contributed by atoms with E-state index in [1.54, 1.807) is 24.3 Å². The van der Waals surface area contributed by atoms with E-state index >= 15 is 0 Å². The lowest BCUT2D eigenvalue weighted by molar-refractivity contribution is -0.116. The highest BCUT2D eigenvalue weighted by molar-refractivity contribution is 5.94. The van der Waals surface area contributed by atoms with Crippen molar-refractivity contribution in [3.05, 3.63) is 115 Å². The third-order valence-electron chi connectivity index (χ3n) is 5.61. The van der Waals surface area contributed by atoms with Gasteiger partial charge in [0.2, 0.25) is 11.8 Å². The van der Waals surface area contributed by atoms with Gasteiger partial charge in [-0.1, -0.05) is 48.5 Å². The molecule has 3 N–H and O–H groups in total. The van der Waals surface area contributed by atoms with Crippen LogP contribution < -0.4 is 25.4 Å². The van der Waals surface area contributed by atoms with Gasteiger partial charge in [0.1, 0.15) is 24.7 Å². The Morgan fingerprint density at radius 2 is 1.05 bits per heavy atom. The molecule has 38 heavy (non-hydrogen) atoms. The zero-order chi connectivity index (χ0) is 26.4. The van der Waals surface area contributed by atoms with E-state index in [0.29, 0.717) is 43.2 Å². The van der Waals surface area contributed by atoms with E-state index in [0.717, 1.165) is 17.0 Å². The monoisotopic (exact) mass is 509 g/mol. The van der Waals surface area contributed by atoms with Crippen molar-refractivity contribution in [3.63, 3.8) is 0 Å². The number of amides is 2. The van der Waals surface area contributed by atoms with Gasteiger partial charge < -0.3 is 25.4 Å². The molecular weight excluding hydrogens is 478 g/mol. The number of ether oxygens (including phenoxy) is 2. The Kier molecular flexibility index (Phi) is 9.74. The quantitative estimate of drug-likeness (QED) is 0.199. The van der Waals surface area contributed by atoms with Crippen molar-refractivity contribution < 1.29 is 19.1 Å². The molecule has 0 aliphatic rings. The first-order valence-corrected chi connectivity index (χ1v) is 12.5. The molecule has 0 atom stereocenters. The summed E-state index contributed by atoms with van der Waals surface area (Å²) >= 11 is 0. The van der Waals surface area contributed by atoms with Crippen LogP contribution in [0.3, 0.4) is 0 Å². The molecule has 0 heterocycles. The molecule has 4 aromatic carbocycles. The minimum atomic E-state index is -0.173. The van der Waals surface area contributed by atoms with Gasteiger partial charge in [0, 0.05) is 23.5 Å². The molecule has 194 valence electrons. The third-order valence-corrected chi connectivity index (χ3v) is 5.61. The van der Waals surface area contributed by atoms with Crippen molar-refractivity contribution in [2.24, 2.45) is 0 Å². The Morgan fingerprint density at radius 1 is 0.553 bits per heavy atom. The first kappa shape index (κ1) is 26.3. The van der Waals surface area contributed by atoms with Crippen LogP contribution in [0.15, 0.2) is 109 Å². The largest absolute Gasteiger partial charge is 0.490 e. The second-order valence-electron chi connectivity index (χ2n) is 8.55. The molecule has 4 rings (SSSR count). The maximum atomic E-state index is 12.3. The summed E-state index contributed by atoms with van der Waals surface area (Å²) in [5.74, 6) is 1.30. The smallest absolute Gasteiger partial charge is 0.243 e. The number of carbonyl (C=O) groups excluding carboxylic acids is 2. The topological polar surface area (TPSA) is 88.7 Å². The van der Waals surface area contributed by atoms with Gasteiger partial charge in [0.15, 0.2) is 0 Å². The normalized spacial score (nSPS) is 10.3. The Balaban J connectivity index is 1.12. The van der Waals surface area contributed by atoms with E-state index in [2.05, 4.69) is 16.0 Å². The highest BCUT2D eigenvalue weighted by Crippen LogP contribution is 2.17. The van der Waals surface area contributed by atoms with Crippen molar-refractivity contribution >= 4 is 28.9 Å². The van der Waals surface area contributed by atoms with Crippen LogP contribution in [0.2, 0.25) is 0 Å². The highest BCUT2D eigenvalue weighted by atomic mass is 16.5. The average molecular weight is 510 g/mol. The Bertz CT molecular complexity index is 1280. The first-order valence-electron chi connectivity index (χ1n) is 12.5. The van der Waals surface area contributed by atoms with Crippen LogP contribution in [-0.2, 0) is 16.0 Å². The number of anilines is 3. The fraction of sp³-hybridized carbons (Fsp3) is 0.161. The summed E-state index contributed by atoms with van der Waals surface area (Å²) in [6, 6.07) is 34.0. The predicted molar refractivity (Wildman–Crippen MR) is 151 cm³/mol. The van der Waals surface area contributed by atoms with Gasteiger partial charge in [-0.15, -0.1) is 0 Å². The van der Waals surface area contributed by atoms with E-state index < -0.39 is 0 Å². The Labute approximate surface area is 222 Å². The zero-order valence-corrected chi connectivity index (χ0v) is 21.1. The number of hydrogen-bond acceptors (Lipinski definition) is 5. The molecule has 7 heteroatoms. The molecule has 2 amide bonds. The minimum Gasteiger partial charge on any atom is -0.490 e. The molecule has 0 radical (unpaired) electrons. The van der Waals surface area contributed by atoms with Crippen LogP contribution in [0.5, 0.6) is 11.5 Å². The molecule has 0 fully saturated rings. The maximum Gasteiger partial charge on any atom is 0.243 e. The molecule has 0 saturated carbocycles. The summed E-state index contributed by atoms with van der Waals surface area (Å²) in [7, 11) is 0. The molecule has 0 aromatic heterocycles. The van der Waals surface area contributed by atoms with E-state index in [1.165, 1.54) is 0 Å². The number of rotatable bonds is 13. The minimum absolute atomic E-state index is 0.0362. The molecule has 0 spiro atoms. The number of nitrogens with one attached hydrogen (secondary N) is 3. The maximum absolute atomic E-state index is 12.3. The number of hydrogen-bond donors (Lipinski definition) is 3. The van der Waals surface area contributed by atoms with Gasteiger partial charge in [0.05, 0.1) is 6.54 Å². The van der Waals surface area contributed by atoms with Crippen molar-refractivity contribution in [2.75, 3.05) is 35.7 Å². The van der Waals surface area contributed by atoms with E-state index in [4.69, 9.17) is 9.47 Å². The molecule has 0 unspecified atom stereocenters. The van der Waals surface area contributed by atoms with Crippen LogP contribution in [-0.4, -0.2) is 31.6 Å².